The largest absolute Gasteiger partial charge is 0.391 e. The van der Waals surface area contributed by atoms with Crippen LogP contribution in [0.3, 0.4) is 0 Å². The molecule has 0 spiro atoms. The van der Waals surface area contributed by atoms with Crippen molar-refractivity contribution in [3.63, 3.8) is 0 Å². The number of rotatable bonds is 29. The quantitative estimate of drug-likeness (QED) is 0.0627. The SMILES string of the molecule is CCCCCCCCCCCCCCCCCC(O)C(CS(=O)(=O)O)NC(=O)CCCCCCCCCC. The monoisotopic (exact) mass is 561 g/mol. The van der Waals surface area contributed by atoms with Gasteiger partial charge in [-0.1, -0.05) is 155 Å². The van der Waals surface area contributed by atoms with Crippen molar-refractivity contribution in [1.82, 2.24) is 5.32 Å². The maximum atomic E-state index is 12.3. The first-order valence-electron chi connectivity index (χ1n) is 16.2. The first-order valence-corrected chi connectivity index (χ1v) is 17.8. The molecule has 0 rings (SSSR count). The van der Waals surface area contributed by atoms with Crippen LogP contribution in [0.2, 0.25) is 0 Å². The van der Waals surface area contributed by atoms with E-state index in [1.165, 1.54) is 109 Å². The summed E-state index contributed by atoms with van der Waals surface area (Å²) in [7, 11) is -4.29. The third-order valence-electron chi connectivity index (χ3n) is 7.56. The molecule has 0 aliphatic carbocycles. The van der Waals surface area contributed by atoms with Gasteiger partial charge in [0.1, 0.15) is 0 Å². The highest BCUT2D eigenvalue weighted by Gasteiger charge is 2.26. The smallest absolute Gasteiger partial charge is 0.266 e. The van der Waals surface area contributed by atoms with Gasteiger partial charge in [-0.3, -0.25) is 9.35 Å². The lowest BCUT2D eigenvalue weighted by Gasteiger charge is -2.23. The summed E-state index contributed by atoms with van der Waals surface area (Å²) in [4.78, 5) is 12.3. The van der Waals surface area contributed by atoms with E-state index in [-0.39, 0.29) is 5.91 Å². The standard InChI is InChI=1S/C31H63NO5S/c1-3-5-7-9-11-13-14-15-16-17-18-19-20-22-24-26-30(33)29(28-38(35,36)37)32-31(34)27-25-23-21-12-10-8-6-4-2/h29-30,33H,3-28H2,1-2H3,(H,32,34)(H,35,36,37). The van der Waals surface area contributed by atoms with Crippen LogP contribution in [0.4, 0.5) is 0 Å². The first kappa shape index (κ1) is 37.3. The van der Waals surface area contributed by atoms with Gasteiger partial charge in [0.25, 0.3) is 10.1 Å². The number of aliphatic hydroxyl groups is 1. The van der Waals surface area contributed by atoms with Gasteiger partial charge in [-0.2, -0.15) is 8.42 Å². The van der Waals surface area contributed by atoms with Gasteiger partial charge in [-0.15, -0.1) is 0 Å². The number of hydrogen-bond donors (Lipinski definition) is 3. The van der Waals surface area contributed by atoms with Crippen LogP contribution in [0, 0.1) is 0 Å². The summed E-state index contributed by atoms with van der Waals surface area (Å²) < 4.78 is 32.2. The van der Waals surface area contributed by atoms with Crippen molar-refractivity contribution in [2.75, 3.05) is 5.75 Å². The molecule has 0 bridgehead atoms. The minimum atomic E-state index is -4.29. The van der Waals surface area contributed by atoms with Crippen LogP contribution in [0.25, 0.3) is 0 Å². The van der Waals surface area contributed by atoms with E-state index in [4.69, 9.17) is 0 Å². The molecule has 0 aromatic rings. The molecule has 0 aliphatic rings. The lowest BCUT2D eigenvalue weighted by atomic mass is 10.0. The highest BCUT2D eigenvalue weighted by molar-refractivity contribution is 7.85. The molecule has 7 heteroatoms. The number of aliphatic hydroxyl groups excluding tert-OH is 1. The van der Waals surface area contributed by atoms with E-state index in [9.17, 15) is 22.9 Å². The van der Waals surface area contributed by atoms with Crippen molar-refractivity contribution in [2.24, 2.45) is 0 Å². The van der Waals surface area contributed by atoms with Crippen molar-refractivity contribution in [3.8, 4) is 0 Å². The average Bonchev–Trinajstić information content (AvgIpc) is 2.86. The van der Waals surface area contributed by atoms with Crippen LogP contribution in [0.15, 0.2) is 0 Å². The Balaban J connectivity index is 3.92. The molecular formula is C31H63NO5S. The van der Waals surface area contributed by atoms with Crippen LogP contribution in [-0.4, -0.2) is 41.9 Å². The minimum absolute atomic E-state index is 0.250. The lowest BCUT2D eigenvalue weighted by molar-refractivity contribution is -0.122. The summed E-state index contributed by atoms with van der Waals surface area (Å²) in [6.07, 6.45) is 27.7. The zero-order chi connectivity index (χ0) is 28.3. The van der Waals surface area contributed by atoms with E-state index >= 15 is 0 Å². The van der Waals surface area contributed by atoms with E-state index in [0.29, 0.717) is 12.8 Å². The van der Waals surface area contributed by atoms with Gasteiger partial charge in [0.2, 0.25) is 5.91 Å². The van der Waals surface area contributed by atoms with Gasteiger partial charge >= 0.3 is 0 Å². The highest BCUT2D eigenvalue weighted by atomic mass is 32.2. The Hall–Kier alpha value is -0.660. The Morgan fingerprint density at radius 3 is 1.32 bits per heavy atom. The summed E-state index contributed by atoms with van der Waals surface area (Å²) in [6, 6.07) is -0.960. The van der Waals surface area contributed by atoms with Crippen LogP contribution in [0.5, 0.6) is 0 Å². The molecule has 38 heavy (non-hydrogen) atoms. The van der Waals surface area contributed by atoms with Gasteiger partial charge in [0.15, 0.2) is 0 Å². The lowest BCUT2D eigenvalue weighted by Crippen LogP contribution is -2.47. The molecule has 6 nitrogen and oxygen atoms in total. The van der Waals surface area contributed by atoms with Gasteiger partial charge < -0.3 is 10.4 Å². The molecule has 0 fully saturated rings. The van der Waals surface area contributed by atoms with Gasteiger partial charge in [-0.05, 0) is 12.8 Å². The summed E-state index contributed by atoms with van der Waals surface area (Å²) in [5, 5.41) is 13.2. The second-order valence-corrected chi connectivity index (χ2v) is 13.0. The normalized spacial score (nSPS) is 13.5. The summed E-state index contributed by atoms with van der Waals surface area (Å²) in [5.41, 5.74) is 0. The predicted octanol–water partition coefficient (Wildman–Crippen LogP) is 8.51. The summed E-state index contributed by atoms with van der Waals surface area (Å²) in [6.45, 7) is 4.46. The van der Waals surface area contributed by atoms with Crippen LogP contribution >= 0.6 is 0 Å². The topological polar surface area (TPSA) is 104 Å². The van der Waals surface area contributed by atoms with Gasteiger partial charge in [0, 0.05) is 6.42 Å². The Labute approximate surface area is 236 Å². The molecule has 0 aromatic carbocycles. The van der Waals surface area contributed by atoms with Gasteiger partial charge in [-0.25, -0.2) is 0 Å². The van der Waals surface area contributed by atoms with E-state index in [2.05, 4.69) is 19.2 Å². The molecule has 3 N–H and O–H groups in total. The Morgan fingerprint density at radius 1 is 0.605 bits per heavy atom. The zero-order valence-electron chi connectivity index (χ0n) is 25.1. The van der Waals surface area contributed by atoms with E-state index < -0.39 is 28.0 Å². The van der Waals surface area contributed by atoms with Crippen LogP contribution in [-0.2, 0) is 14.9 Å². The molecule has 0 saturated carbocycles. The average molecular weight is 562 g/mol. The number of unbranched alkanes of at least 4 members (excludes halogenated alkanes) is 21. The molecule has 228 valence electrons. The zero-order valence-corrected chi connectivity index (χ0v) is 25.9. The number of hydrogen-bond acceptors (Lipinski definition) is 4. The molecule has 2 atom stereocenters. The molecule has 0 aromatic heterocycles. The molecule has 1 amide bonds. The molecular weight excluding hydrogens is 498 g/mol. The number of amides is 1. The Morgan fingerprint density at radius 2 is 0.947 bits per heavy atom. The fourth-order valence-electron chi connectivity index (χ4n) is 5.10. The van der Waals surface area contributed by atoms with E-state index in [0.717, 1.165) is 38.5 Å². The van der Waals surface area contributed by atoms with E-state index in [1.54, 1.807) is 0 Å². The third-order valence-corrected chi connectivity index (χ3v) is 8.34. The highest BCUT2D eigenvalue weighted by Crippen LogP contribution is 2.15. The van der Waals surface area contributed by atoms with Crippen molar-refractivity contribution >= 4 is 16.0 Å². The molecule has 0 heterocycles. The summed E-state index contributed by atoms with van der Waals surface area (Å²) >= 11 is 0. The third kappa shape index (κ3) is 26.9. The molecule has 0 radical (unpaired) electrons. The molecule has 0 aliphatic heterocycles. The maximum absolute atomic E-state index is 12.3. The second-order valence-electron chi connectivity index (χ2n) is 11.5. The molecule has 2 unspecified atom stereocenters. The fourth-order valence-corrected chi connectivity index (χ4v) is 5.86. The van der Waals surface area contributed by atoms with Crippen molar-refractivity contribution in [1.29, 1.82) is 0 Å². The first-order chi connectivity index (χ1) is 18.3. The van der Waals surface area contributed by atoms with Crippen LogP contribution in [0.1, 0.15) is 174 Å². The number of nitrogens with one attached hydrogen (secondary N) is 1. The molecule has 0 saturated heterocycles. The van der Waals surface area contributed by atoms with Gasteiger partial charge in [0.05, 0.1) is 17.9 Å². The predicted molar refractivity (Wildman–Crippen MR) is 161 cm³/mol. The van der Waals surface area contributed by atoms with Crippen LogP contribution < -0.4 is 5.32 Å². The number of carbonyl (C=O) groups is 1. The Bertz CT molecular complexity index is 626. The Kier molecular flexibility index (Phi) is 26.1. The minimum Gasteiger partial charge on any atom is -0.391 e. The van der Waals surface area contributed by atoms with Crippen molar-refractivity contribution < 1.29 is 22.9 Å². The number of carbonyl (C=O) groups excluding carboxylic acids is 1. The second kappa shape index (κ2) is 26.6. The van der Waals surface area contributed by atoms with E-state index in [1.807, 2.05) is 0 Å². The fraction of sp³-hybridized carbons (Fsp3) is 0.968. The summed E-state index contributed by atoms with van der Waals surface area (Å²) in [5.74, 6) is -0.893. The maximum Gasteiger partial charge on any atom is 0.266 e. The van der Waals surface area contributed by atoms with Crippen molar-refractivity contribution in [2.45, 2.75) is 187 Å². The van der Waals surface area contributed by atoms with Crippen molar-refractivity contribution in [3.05, 3.63) is 0 Å².